The van der Waals surface area contributed by atoms with Crippen molar-refractivity contribution in [2.45, 2.75) is 37.5 Å². The van der Waals surface area contributed by atoms with Gasteiger partial charge >= 0.3 is 0 Å². The number of ether oxygens (including phenoxy) is 1. The molecule has 0 spiro atoms. The highest BCUT2D eigenvalue weighted by Crippen LogP contribution is 2.34. The van der Waals surface area contributed by atoms with Gasteiger partial charge in [-0.15, -0.1) is 0 Å². The third-order valence-electron chi connectivity index (χ3n) is 3.75. The van der Waals surface area contributed by atoms with E-state index in [1.54, 1.807) is 12.1 Å². The normalized spacial score (nSPS) is 29.3. The van der Waals surface area contributed by atoms with Gasteiger partial charge in [0.15, 0.2) is 0 Å². The Morgan fingerprint density at radius 1 is 1.33 bits per heavy atom. The Morgan fingerprint density at radius 3 is 2.83 bits per heavy atom. The molecule has 0 aromatic heterocycles. The molecular formula is C13H17N3O2. The Balaban J connectivity index is 1.71. The fourth-order valence-electron chi connectivity index (χ4n) is 2.84. The first-order valence-electron chi connectivity index (χ1n) is 6.30. The molecule has 1 aromatic rings. The molecule has 1 aromatic carbocycles. The largest absolute Gasteiger partial charge is 0.373 e. The molecule has 1 amide bonds. The summed E-state index contributed by atoms with van der Waals surface area (Å²) in [6.07, 6.45) is 3.62. The Labute approximate surface area is 106 Å². The van der Waals surface area contributed by atoms with Crippen molar-refractivity contribution in [3.63, 3.8) is 0 Å². The number of carbonyl (C=O) groups excluding carboxylic acids is 1. The van der Waals surface area contributed by atoms with Crippen LogP contribution in [-0.4, -0.2) is 24.2 Å². The van der Waals surface area contributed by atoms with Gasteiger partial charge in [-0.1, -0.05) is 12.1 Å². The van der Waals surface area contributed by atoms with Gasteiger partial charge in [-0.2, -0.15) is 0 Å². The zero-order chi connectivity index (χ0) is 12.5. The number of nitrogen functional groups attached to an aromatic ring is 1. The highest BCUT2D eigenvalue weighted by molar-refractivity contribution is 5.99. The second-order valence-electron chi connectivity index (χ2n) is 4.88. The summed E-state index contributed by atoms with van der Waals surface area (Å²) in [5.41, 5.74) is 3.75. The van der Waals surface area contributed by atoms with Crippen molar-refractivity contribution in [3.05, 3.63) is 29.8 Å². The highest BCUT2D eigenvalue weighted by atomic mass is 16.5. The molecule has 5 heteroatoms. The quantitative estimate of drug-likeness (QED) is 0.550. The standard InChI is InChI=1S/C13H17N3O2/c14-16-10-4-2-1-3-9(10)13(17)15-11-7-8-5-6-12(11)18-8/h1-4,8,11-12,16H,5-7,14H2,(H,15,17). The van der Waals surface area contributed by atoms with E-state index in [1.165, 1.54) is 0 Å². The van der Waals surface area contributed by atoms with Crippen molar-refractivity contribution in [3.8, 4) is 0 Å². The van der Waals surface area contributed by atoms with Crippen molar-refractivity contribution in [1.82, 2.24) is 5.32 Å². The minimum absolute atomic E-state index is 0.0929. The van der Waals surface area contributed by atoms with Crippen molar-refractivity contribution >= 4 is 11.6 Å². The van der Waals surface area contributed by atoms with Crippen LogP contribution < -0.4 is 16.6 Å². The van der Waals surface area contributed by atoms with E-state index in [9.17, 15) is 4.79 Å². The summed E-state index contributed by atoms with van der Waals surface area (Å²) in [5, 5.41) is 3.04. The SMILES string of the molecule is NNc1ccccc1C(=O)NC1CC2CCC1O2. The average molecular weight is 247 g/mol. The molecule has 0 radical (unpaired) electrons. The Hall–Kier alpha value is -1.59. The third-order valence-corrected chi connectivity index (χ3v) is 3.75. The maximum absolute atomic E-state index is 12.2. The topological polar surface area (TPSA) is 76.4 Å². The molecule has 2 fully saturated rings. The second-order valence-corrected chi connectivity index (χ2v) is 4.88. The van der Waals surface area contributed by atoms with E-state index in [-0.39, 0.29) is 18.1 Å². The van der Waals surface area contributed by atoms with Crippen LogP contribution in [0, 0.1) is 0 Å². The van der Waals surface area contributed by atoms with Gasteiger partial charge in [-0.25, -0.2) is 0 Å². The van der Waals surface area contributed by atoms with Crippen LogP contribution in [0.5, 0.6) is 0 Å². The number of nitrogens with one attached hydrogen (secondary N) is 2. The number of hydrogen-bond acceptors (Lipinski definition) is 4. The lowest BCUT2D eigenvalue weighted by Crippen LogP contribution is -2.41. The summed E-state index contributed by atoms with van der Waals surface area (Å²) in [4.78, 5) is 12.2. The number of rotatable bonds is 3. The zero-order valence-corrected chi connectivity index (χ0v) is 10.1. The second kappa shape index (κ2) is 4.59. The van der Waals surface area contributed by atoms with Crippen LogP contribution in [0.3, 0.4) is 0 Å². The lowest BCUT2D eigenvalue weighted by Gasteiger charge is -2.20. The summed E-state index contributed by atoms with van der Waals surface area (Å²) >= 11 is 0. The molecule has 0 saturated carbocycles. The molecule has 96 valence electrons. The molecule has 2 aliphatic rings. The lowest BCUT2D eigenvalue weighted by molar-refractivity contribution is 0.0841. The number of amides is 1. The molecule has 2 aliphatic heterocycles. The predicted molar refractivity (Wildman–Crippen MR) is 68.0 cm³/mol. The number of nitrogens with two attached hydrogens (primary N) is 1. The molecule has 3 atom stereocenters. The summed E-state index contributed by atoms with van der Waals surface area (Å²) in [6.45, 7) is 0. The molecule has 2 bridgehead atoms. The van der Waals surface area contributed by atoms with Crippen molar-refractivity contribution in [1.29, 1.82) is 0 Å². The minimum Gasteiger partial charge on any atom is -0.373 e. The van der Waals surface area contributed by atoms with Crippen LogP contribution in [0.4, 0.5) is 5.69 Å². The van der Waals surface area contributed by atoms with Gasteiger partial charge in [0.05, 0.1) is 29.5 Å². The first-order chi connectivity index (χ1) is 8.78. The van der Waals surface area contributed by atoms with Gasteiger partial charge in [0.2, 0.25) is 0 Å². The highest BCUT2D eigenvalue weighted by Gasteiger charge is 2.41. The fourth-order valence-corrected chi connectivity index (χ4v) is 2.84. The van der Waals surface area contributed by atoms with Crippen LogP contribution in [0.15, 0.2) is 24.3 Å². The van der Waals surface area contributed by atoms with E-state index >= 15 is 0 Å². The monoisotopic (exact) mass is 247 g/mol. The van der Waals surface area contributed by atoms with Crippen molar-refractivity contribution < 1.29 is 9.53 Å². The van der Waals surface area contributed by atoms with Gasteiger partial charge < -0.3 is 15.5 Å². The van der Waals surface area contributed by atoms with Gasteiger partial charge in [0, 0.05) is 0 Å². The number of benzene rings is 1. The van der Waals surface area contributed by atoms with Crippen molar-refractivity contribution in [2.75, 3.05) is 5.43 Å². The molecular weight excluding hydrogens is 230 g/mol. The van der Waals surface area contributed by atoms with E-state index in [0.717, 1.165) is 19.3 Å². The van der Waals surface area contributed by atoms with E-state index < -0.39 is 0 Å². The van der Waals surface area contributed by atoms with Crippen LogP contribution in [0.1, 0.15) is 29.6 Å². The van der Waals surface area contributed by atoms with E-state index in [2.05, 4.69) is 10.7 Å². The van der Waals surface area contributed by atoms with Crippen molar-refractivity contribution in [2.24, 2.45) is 5.84 Å². The third kappa shape index (κ3) is 1.95. The minimum atomic E-state index is -0.0929. The van der Waals surface area contributed by atoms with E-state index in [4.69, 9.17) is 10.6 Å². The van der Waals surface area contributed by atoms with E-state index in [1.807, 2.05) is 12.1 Å². The zero-order valence-electron chi connectivity index (χ0n) is 10.1. The summed E-state index contributed by atoms with van der Waals surface area (Å²) in [7, 11) is 0. The predicted octanol–water partition coefficient (Wildman–Crippen LogP) is 1.02. The Bertz CT molecular complexity index is 463. The number of anilines is 1. The smallest absolute Gasteiger partial charge is 0.253 e. The van der Waals surface area contributed by atoms with Gasteiger partial charge in [0.1, 0.15) is 0 Å². The molecule has 18 heavy (non-hydrogen) atoms. The Kier molecular flexibility index (Phi) is 2.93. The number of fused-ring (bicyclic) bond motifs is 2. The van der Waals surface area contributed by atoms with Crippen LogP contribution in [-0.2, 0) is 4.74 Å². The molecule has 4 N–H and O–H groups in total. The maximum Gasteiger partial charge on any atom is 0.253 e. The number of hydrogen-bond donors (Lipinski definition) is 3. The molecule has 2 saturated heterocycles. The van der Waals surface area contributed by atoms with Crippen LogP contribution >= 0.6 is 0 Å². The number of carbonyl (C=O) groups is 1. The van der Waals surface area contributed by atoms with E-state index in [0.29, 0.717) is 17.4 Å². The van der Waals surface area contributed by atoms with Crippen LogP contribution in [0.25, 0.3) is 0 Å². The summed E-state index contributed by atoms with van der Waals surface area (Å²) < 4.78 is 5.72. The average Bonchev–Trinajstić information content (AvgIpc) is 3.01. The number of hydrazine groups is 1. The van der Waals surface area contributed by atoms with Crippen LogP contribution in [0.2, 0.25) is 0 Å². The van der Waals surface area contributed by atoms with Gasteiger partial charge in [0.25, 0.3) is 5.91 Å². The first-order valence-corrected chi connectivity index (χ1v) is 6.30. The maximum atomic E-state index is 12.2. The molecule has 3 rings (SSSR count). The number of para-hydroxylation sites is 1. The molecule has 3 unspecified atom stereocenters. The summed E-state index contributed by atoms with van der Waals surface area (Å²) in [5.74, 6) is 5.31. The first kappa shape index (κ1) is 11.5. The summed E-state index contributed by atoms with van der Waals surface area (Å²) in [6, 6.07) is 7.35. The lowest BCUT2D eigenvalue weighted by atomic mass is 9.95. The fraction of sp³-hybridized carbons (Fsp3) is 0.462. The molecule has 5 nitrogen and oxygen atoms in total. The Morgan fingerprint density at radius 2 is 2.17 bits per heavy atom. The molecule has 0 aliphatic carbocycles. The van der Waals surface area contributed by atoms with Gasteiger partial charge in [-0.3, -0.25) is 10.6 Å². The molecule has 2 heterocycles. The van der Waals surface area contributed by atoms with Gasteiger partial charge in [-0.05, 0) is 31.4 Å².